The second-order valence-electron chi connectivity index (χ2n) is 4.18. The number of likely N-dealkylation sites (N-methyl/N-ethyl adjacent to an activating group) is 1. The summed E-state index contributed by atoms with van der Waals surface area (Å²) in [5, 5.41) is 4.20. The number of carbonyl (C=O) groups is 1. The van der Waals surface area contributed by atoms with Crippen molar-refractivity contribution in [2.45, 2.75) is 12.6 Å². The van der Waals surface area contributed by atoms with Gasteiger partial charge in [0.2, 0.25) is 5.91 Å². The Morgan fingerprint density at radius 2 is 2.26 bits per heavy atom. The number of amides is 1. The molecule has 0 spiro atoms. The summed E-state index contributed by atoms with van der Waals surface area (Å²) in [7, 11) is 1.78. The van der Waals surface area contributed by atoms with Crippen LogP contribution < -0.4 is 5.32 Å². The van der Waals surface area contributed by atoms with E-state index in [2.05, 4.69) is 5.32 Å². The number of carbonyl (C=O) groups excluding carboxylic acids is 1. The van der Waals surface area contributed by atoms with E-state index in [1.54, 1.807) is 29.8 Å². The normalized spacial score (nSPS) is 17.9. The molecule has 1 fully saturated rings. The first-order valence-corrected chi connectivity index (χ1v) is 7.49. The van der Waals surface area contributed by atoms with Gasteiger partial charge in [-0.3, -0.25) is 10.1 Å². The minimum Gasteiger partial charge on any atom is -0.340 e. The Balaban J connectivity index is 0.00000180. The summed E-state index contributed by atoms with van der Waals surface area (Å²) in [5.74, 6) is 1.75. The summed E-state index contributed by atoms with van der Waals surface area (Å²) in [4.78, 5) is 13.8. The SMILES string of the molecule is CN(Cc1cccc(Cl)c1Cl)C(=O)C1CSCN1.Cl. The Morgan fingerprint density at radius 3 is 2.89 bits per heavy atom. The zero-order chi connectivity index (χ0) is 13.1. The van der Waals surface area contributed by atoms with Gasteiger partial charge in [0.25, 0.3) is 0 Å². The molecule has 0 radical (unpaired) electrons. The van der Waals surface area contributed by atoms with Gasteiger partial charge in [0.15, 0.2) is 0 Å². The van der Waals surface area contributed by atoms with Crippen molar-refractivity contribution >= 4 is 53.3 Å². The lowest BCUT2D eigenvalue weighted by molar-refractivity contribution is -0.131. The number of halogens is 3. The molecular weight excluding hydrogens is 327 g/mol. The highest BCUT2D eigenvalue weighted by Crippen LogP contribution is 2.26. The van der Waals surface area contributed by atoms with E-state index in [4.69, 9.17) is 23.2 Å². The van der Waals surface area contributed by atoms with E-state index < -0.39 is 0 Å². The number of hydrogen-bond donors (Lipinski definition) is 1. The van der Waals surface area contributed by atoms with Gasteiger partial charge in [-0.2, -0.15) is 0 Å². The van der Waals surface area contributed by atoms with Gasteiger partial charge in [-0.1, -0.05) is 35.3 Å². The molecule has 1 aromatic carbocycles. The van der Waals surface area contributed by atoms with Crippen LogP contribution >= 0.6 is 47.4 Å². The van der Waals surface area contributed by atoms with E-state index >= 15 is 0 Å². The molecule has 0 aliphatic carbocycles. The Morgan fingerprint density at radius 1 is 1.53 bits per heavy atom. The molecule has 1 N–H and O–H groups in total. The lowest BCUT2D eigenvalue weighted by atomic mass is 10.2. The van der Waals surface area contributed by atoms with Crippen LogP contribution in [0.1, 0.15) is 5.56 Å². The molecular formula is C12H15Cl3N2OS. The molecule has 0 aromatic heterocycles. The average Bonchev–Trinajstić information content (AvgIpc) is 2.87. The topological polar surface area (TPSA) is 32.3 Å². The predicted molar refractivity (Wildman–Crippen MR) is 84.4 cm³/mol. The van der Waals surface area contributed by atoms with Crippen molar-refractivity contribution < 1.29 is 4.79 Å². The molecule has 7 heteroatoms. The number of hydrogen-bond acceptors (Lipinski definition) is 3. The fourth-order valence-corrected chi connectivity index (χ4v) is 3.14. The van der Waals surface area contributed by atoms with Crippen LogP contribution in [0.2, 0.25) is 10.0 Å². The number of thioether (sulfide) groups is 1. The van der Waals surface area contributed by atoms with Gasteiger partial charge in [-0.25, -0.2) is 0 Å². The highest BCUT2D eigenvalue weighted by atomic mass is 35.5. The van der Waals surface area contributed by atoms with Gasteiger partial charge in [-0.05, 0) is 11.6 Å². The van der Waals surface area contributed by atoms with E-state index in [1.807, 2.05) is 12.1 Å². The first kappa shape index (κ1) is 16.9. The predicted octanol–water partition coefficient (Wildman–Crippen LogP) is 3.04. The van der Waals surface area contributed by atoms with Gasteiger partial charge < -0.3 is 4.90 Å². The number of nitrogens with one attached hydrogen (secondary N) is 1. The Labute approximate surface area is 133 Å². The zero-order valence-electron chi connectivity index (χ0n) is 10.4. The molecule has 2 rings (SSSR count). The van der Waals surface area contributed by atoms with E-state index in [9.17, 15) is 4.79 Å². The second-order valence-corrected chi connectivity index (χ2v) is 5.99. The smallest absolute Gasteiger partial charge is 0.240 e. The van der Waals surface area contributed by atoms with Crippen molar-refractivity contribution in [3.05, 3.63) is 33.8 Å². The molecule has 1 amide bonds. The molecule has 1 atom stereocenters. The van der Waals surface area contributed by atoms with E-state index in [0.29, 0.717) is 16.6 Å². The molecule has 1 unspecified atom stereocenters. The molecule has 106 valence electrons. The summed E-state index contributed by atoms with van der Waals surface area (Å²) in [6.07, 6.45) is 0. The fourth-order valence-electron chi connectivity index (χ4n) is 1.82. The van der Waals surface area contributed by atoms with E-state index in [0.717, 1.165) is 17.2 Å². The lowest BCUT2D eigenvalue weighted by Crippen LogP contribution is -2.42. The standard InChI is InChI=1S/C12H14Cl2N2OS.ClH/c1-16(12(17)10-6-18-7-15-10)5-8-3-2-4-9(13)11(8)14;/h2-4,10,15H,5-7H2,1H3;1H. The molecule has 1 aliphatic rings. The number of nitrogens with zero attached hydrogens (tertiary/aromatic N) is 1. The van der Waals surface area contributed by atoms with Crippen LogP contribution in [0.5, 0.6) is 0 Å². The van der Waals surface area contributed by atoms with Crippen molar-refractivity contribution in [2.24, 2.45) is 0 Å². The van der Waals surface area contributed by atoms with Gasteiger partial charge in [0.1, 0.15) is 0 Å². The van der Waals surface area contributed by atoms with Gasteiger partial charge in [0.05, 0.1) is 16.1 Å². The first-order chi connectivity index (χ1) is 8.59. The van der Waals surface area contributed by atoms with Crippen LogP contribution in [0.25, 0.3) is 0 Å². The Bertz CT molecular complexity index is 453. The molecule has 19 heavy (non-hydrogen) atoms. The van der Waals surface area contributed by atoms with Crippen molar-refractivity contribution in [2.75, 3.05) is 18.7 Å². The summed E-state index contributed by atoms with van der Waals surface area (Å²) in [6, 6.07) is 5.38. The van der Waals surface area contributed by atoms with E-state index in [1.165, 1.54) is 0 Å². The molecule has 3 nitrogen and oxygen atoms in total. The van der Waals surface area contributed by atoms with Crippen LogP contribution in [0.4, 0.5) is 0 Å². The van der Waals surface area contributed by atoms with Crippen LogP contribution in [-0.2, 0) is 11.3 Å². The summed E-state index contributed by atoms with van der Waals surface area (Å²) in [6.45, 7) is 0.473. The number of benzene rings is 1. The molecule has 1 aromatic rings. The summed E-state index contributed by atoms with van der Waals surface area (Å²) < 4.78 is 0. The lowest BCUT2D eigenvalue weighted by Gasteiger charge is -2.21. The third-order valence-corrected chi connectivity index (χ3v) is 4.63. The van der Waals surface area contributed by atoms with Crippen molar-refractivity contribution in [1.82, 2.24) is 10.2 Å². The van der Waals surface area contributed by atoms with E-state index in [-0.39, 0.29) is 24.4 Å². The maximum Gasteiger partial charge on any atom is 0.240 e. The Hall–Kier alpha value is -0.130. The maximum absolute atomic E-state index is 12.1. The highest BCUT2D eigenvalue weighted by molar-refractivity contribution is 7.99. The van der Waals surface area contributed by atoms with Crippen molar-refractivity contribution in [3.63, 3.8) is 0 Å². The van der Waals surface area contributed by atoms with Gasteiger partial charge in [0, 0.05) is 25.2 Å². The second kappa shape index (κ2) is 7.60. The largest absolute Gasteiger partial charge is 0.340 e. The van der Waals surface area contributed by atoms with Gasteiger partial charge >= 0.3 is 0 Å². The van der Waals surface area contributed by atoms with Crippen molar-refractivity contribution in [1.29, 1.82) is 0 Å². The minimum absolute atomic E-state index is 0. The molecule has 0 bridgehead atoms. The molecule has 1 aliphatic heterocycles. The average molecular weight is 342 g/mol. The van der Waals surface area contributed by atoms with Crippen LogP contribution in [0.15, 0.2) is 18.2 Å². The highest BCUT2D eigenvalue weighted by Gasteiger charge is 2.25. The molecule has 1 saturated heterocycles. The van der Waals surface area contributed by atoms with Gasteiger partial charge in [-0.15, -0.1) is 24.2 Å². The van der Waals surface area contributed by atoms with Crippen LogP contribution in [-0.4, -0.2) is 35.5 Å². The monoisotopic (exact) mass is 340 g/mol. The third-order valence-electron chi connectivity index (χ3n) is 2.83. The summed E-state index contributed by atoms with van der Waals surface area (Å²) in [5.41, 5.74) is 0.866. The Kier molecular flexibility index (Phi) is 6.77. The van der Waals surface area contributed by atoms with Crippen molar-refractivity contribution in [3.8, 4) is 0 Å². The fraction of sp³-hybridized carbons (Fsp3) is 0.417. The third kappa shape index (κ3) is 4.17. The minimum atomic E-state index is -0.0852. The van der Waals surface area contributed by atoms with Crippen LogP contribution in [0.3, 0.4) is 0 Å². The van der Waals surface area contributed by atoms with Crippen LogP contribution in [0, 0.1) is 0 Å². The molecule has 1 heterocycles. The maximum atomic E-state index is 12.1. The first-order valence-electron chi connectivity index (χ1n) is 5.58. The quantitative estimate of drug-likeness (QED) is 0.917. The number of rotatable bonds is 3. The zero-order valence-corrected chi connectivity index (χ0v) is 13.5. The molecule has 0 saturated carbocycles. The summed E-state index contributed by atoms with van der Waals surface area (Å²) >= 11 is 13.8.